The van der Waals surface area contributed by atoms with Gasteiger partial charge in [-0.1, -0.05) is 6.07 Å². The highest BCUT2D eigenvalue weighted by Gasteiger charge is 2.04. The number of halogens is 2. The largest absolute Gasteiger partial charge is 0.495 e. The number of nitriles is 1. The second-order valence-corrected chi connectivity index (χ2v) is 4.98. The summed E-state index contributed by atoms with van der Waals surface area (Å²) in [4.78, 5) is 0. The first-order valence-electron chi connectivity index (χ1n) is 5.90. The van der Waals surface area contributed by atoms with Crippen molar-refractivity contribution in [3.8, 4) is 11.8 Å². The van der Waals surface area contributed by atoms with E-state index in [0.717, 1.165) is 5.56 Å². The number of ether oxygens (including phenoxy) is 1. The molecule has 0 atom stereocenters. The van der Waals surface area contributed by atoms with Crippen molar-refractivity contribution in [1.29, 1.82) is 5.26 Å². The summed E-state index contributed by atoms with van der Waals surface area (Å²) in [7, 11) is 1.53. The minimum atomic E-state index is -0.313. The van der Waals surface area contributed by atoms with Crippen LogP contribution in [-0.2, 0) is 6.54 Å². The molecule has 0 aliphatic heterocycles. The fourth-order valence-corrected chi connectivity index (χ4v) is 1.99. The maximum atomic E-state index is 13.4. The average Bonchev–Trinajstić information content (AvgIpc) is 2.48. The Hall–Kier alpha value is -2.06. The van der Waals surface area contributed by atoms with Crippen LogP contribution in [0.1, 0.15) is 11.1 Å². The van der Waals surface area contributed by atoms with Gasteiger partial charge in [-0.25, -0.2) is 4.39 Å². The first-order valence-corrected chi connectivity index (χ1v) is 6.69. The lowest BCUT2D eigenvalue weighted by Crippen LogP contribution is -2.01. The Balaban J connectivity index is 2.11. The van der Waals surface area contributed by atoms with Gasteiger partial charge in [0.1, 0.15) is 17.6 Å². The summed E-state index contributed by atoms with van der Waals surface area (Å²) in [5, 5.41) is 12.0. The van der Waals surface area contributed by atoms with Crippen LogP contribution in [-0.4, -0.2) is 7.11 Å². The van der Waals surface area contributed by atoms with E-state index in [1.165, 1.54) is 13.2 Å². The highest BCUT2D eigenvalue weighted by molar-refractivity contribution is 9.10. The van der Waals surface area contributed by atoms with Gasteiger partial charge in [0.05, 0.1) is 17.1 Å². The SMILES string of the molecule is COc1cc(CNc2ccc(Br)c(F)c2)ccc1C#N. The average molecular weight is 335 g/mol. The Bertz CT molecular complexity index is 667. The van der Waals surface area contributed by atoms with Gasteiger partial charge >= 0.3 is 0 Å². The van der Waals surface area contributed by atoms with Crippen LogP contribution in [0.25, 0.3) is 0 Å². The Labute approximate surface area is 125 Å². The molecule has 0 heterocycles. The Morgan fingerprint density at radius 2 is 2.10 bits per heavy atom. The smallest absolute Gasteiger partial charge is 0.139 e. The van der Waals surface area contributed by atoms with Crippen LogP contribution in [0.3, 0.4) is 0 Å². The molecule has 0 aromatic heterocycles. The quantitative estimate of drug-likeness (QED) is 0.916. The molecule has 3 nitrogen and oxygen atoms in total. The van der Waals surface area contributed by atoms with Crippen LogP contribution in [0, 0.1) is 17.1 Å². The molecule has 0 fully saturated rings. The molecule has 2 aromatic rings. The molecule has 0 saturated carbocycles. The van der Waals surface area contributed by atoms with Crippen LogP contribution in [0.4, 0.5) is 10.1 Å². The number of nitrogens with one attached hydrogen (secondary N) is 1. The molecule has 2 aromatic carbocycles. The Kier molecular flexibility index (Phi) is 4.59. The monoisotopic (exact) mass is 334 g/mol. The summed E-state index contributed by atoms with van der Waals surface area (Å²) >= 11 is 3.11. The van der Waals surface area contributed by atoms with Crippen LogP contribution in [0.5, 0.6) is 5.75 Å². The number of anilines is 1. The van der Waals surface area contributed by atoms with E-state index in [4.69, 9.17) is 10.00 Å². The number of nitrogens with zero attached hydrogens (tertiary/aromatic N) is 1. The second kappa shape index (κ2) is 6.40. The predicted octanol–water partition coefficient (Wildman–Crippen LogP) is 4.08. The van der Waals surface area contributed by atoms with Gasteiger partial charge in [0.15, 0.2) is 0 Å². The number of rotatable bonds is 4. The molecule has 2 rings (SSSR count). The highest BCUT2D eigenvalue weighted by Crippen LogP contribution is 2.22. The first-order chi connectivity index (χ1) is 9.63. The molecule has 0 unspecified atom stereocenters. The second-order valence-electron chi connectivity index (χ2n) is 4.13. The molecule has 0 radical (unpaired) electrons. The maximum Gasteiger partial charge on any atom is 0.139 e. The molecule has 20 heavy (non-hydrogen) atoms. The minimum Gasteiger partial charge on any atom is -0.495 e. The van der Waals surface area contributed by atoms with Crippen molar-refractivity contribution in [2.24, 2.45) is 0 Å². The van der Waals surface area contributed by atoms with Crippen LogP contribution < -0.4 is 10.1 Å². The Morgan fingerprint density at radius 3 is 2.75 bits per heavy atom. The Morgan fingerprint density at radius 1 is 1.30 bits per heavy atom. The molecule has 0 aliphatic carbocycles. The summed E-state index contributed by atoms with van der Waals surface area (Å²) in [5.41, 5.74) is 2.13. The lowest BCUT2D eigenvalue weighted by molar-refractivity contribution is 0.413. The summed E-state index contributed by atoms with van der Waals surface area (Å²) in [6.45, 7) is 0.517. The summed E-state index contributed by atoms with van der Waals surface area (Å²) in [5.74, 6) is 0.223. The molecular formula is C15H12BrFN2O. The van der Waals surface area contributed by atoms with E-state index >= 15 is 0 Å². The zero-order chi connectivity index (χ0) is 14.5. The van der Waals surface area contributed by atoms with E-state index in [9.17, 15) is 4.39 Å². The maximum absolute atomic E-state index is 13.4. The van der Waals surface area contributed by atoms with Gasteiger partial charge in [0.25, 0.3) is 0 Å². The lowest BCUT2D eigenvalue weighted by Gasteiger charge is -2.09. The molecule has 5 heteroatoms. The predicted molar refractivity (Wildman–Crippen MR) is 79.1 cm³/mol. The van der Waals surface area contributed by atoms with Crippen molar-refractivity contribution in [1.82, 2.24) is 0 Å². The van der Waals surface area contributed by atoms with E-state index in [1.807, 2.05) is 6.07 Å². The van der Waals surface area contributed by atoms with Gasteiger partial charge in [-0.15, -0.1) is 0 Å². The molecule has 0 spiro atoms. The fourth-order valence-electron chi connectivity index (χ4n) is 1.75. The third kappa shape index (κ3) is 3.28. The number of benzene rings is 2. The number of hydrogen-bond donors (Lipinski definition) is 1. The summed E-state index contributed by atoms with van der Waals surface area (Å²) in [6, 6.07) is 12.3. The van der Waals surface area contributed by atoms with Gasteiger partial charge in [0, 0.05) is 12.2 Å². The van der Waals surface area contributed by atoms with Crippen LogP contribution in [0.2, 0.25) is 0 Å². The van der Waals surface area contributed by atoms with Crippen molar-refractivity contribution < 1.29 is 9.13 Å². The standard InChI is InChI=1S/C15H12BrFN2O/c1-20-15-6-10(2-3-11(15)8-18)9-19-12-4-5-13(16)14(17)7-12/h2-7,19H,9H2,1H3. The molecule has 1 N–H and O–H groups in total. The van der Waals surface area contributed by atoms with Crippen molar-refractivity contribution in [2.75, 3.05) is 12.4 Å². The van der Waals surface area contributed by atoms with Crippen LogP contribution >= 0.6 is 15.9 Å². The molecule has 0 aliphatic rings. The zero-order valence-corrected chi connectivity index (χ0v) is 12.4. The van der Waals surface area contributed by atoms with Crippen LogP contribution in [0.15, 0.2) is 40.9 Å². The topological polar surface area (TPSA) is 45.0 Å². The van der Waals surface area contributed by atoms with Crippen molar-refractivity contribution in [3.63, 3.8) is 0 Å². The molecule has 0 bridgehead atoms. The summed E-state index contributed by atoms with van der Waals surface area (Å²) in [6.07, 6.45) is 0. The van der Waals surface area contributed by atoms with Gasteiger partial charge in [-0.3, -0.25) is 0 Å². The highest BCUT2D eigenvalue weighted by atomic mass is 79.9. The summed E-state index contributed by atoms with van der Waals surface area (Å²) < 4.78 is 19.0. The van der Waals surface area contributed by atoms with Gasteiger partial charge in [-0.2, -0.15) is 5.26 Å². The van der Waals surface area contributed by atoms with E-state index in [-0.39, 0.29) is 5.82 Å². The molecule has 0 saturated heterocycles. The van der Waals surface area contributed by atoms with Crippen molar-refractivity contribution in [3.05, 3.63) is 57.8 Å². The van der Waals surface area contributed by atoms with Gasteiger partial charge in [-0.05, 0) is 51.8 Å². The molecule has 0 amide bonds. The van der Waals surface area contributed by atoms with Crippen molar-refractivity contribution >= 4 is 21.6 Å². The number of methoxy groups -OCH3 is 1. The zero-order valence-electron chi connectivity index (χ0n) is 10.8. The molecular weight excluding hydrogens is 323 g/mol. The third-order valence-corrected chi connectivity index (χ3v) is 3.45. The number of hydrogen-bond acceptors (Lipinski definition) is 3. The van der Waals surface area contributed by atoms with Crippen molar-refractivity contribution in [2.45, 2.75) is 6.54 Å². The third-order valence-electron chi connectivity index (χ3n) is 2.80. The lowest BCUT2D eigenvalue weighted by atomic mass is 10.1. The van der Waals surface area contributed by atoms with Gasteiger partial charge in [0.2, 0.25) is 0 Å². The van der Waals surface area contributed by atoms with E-state index in [0.29, 0.717) is 28.0 Å². The normalized spacial score (nSPS) is 9.90. The molecule has 102 valence electrons. The fraction of sp³-hybridized carbons (Fsp3) is 0.133. The first kappa shape index (κ1) is 14.4. The van der Waals surface area contributed by atoms with E-state index in [1.54, 1.807) is 24.3 Å². The van der Waals surface area contributed by atoms with E-state index < -0.39 is 0 Å². The minimum absolute atomic E-state index is 0.313. The van der Waals surface area contributed by atoms with Gasteiger partial charge < -0.3 is 10.1 Å². The van der Waals surface area contributed by atoms with E-state index in [2.05, 4.69) is 27.3 Å².